The summed E-state index contributed by atoms with van der Waals surface area (Å²) in [6.07, 6.45) is 3.07. The van der Waals surface area contributed by atoms with Crippen LogP contribution in [0.4, 0.5) is 0 Å². The van der Waals surface area contributed by atoms with Gasteiger partial charge in [0.05, 0.1) is 23.4 Å². The van der Waals surface area contributed by atoms with E-state index in [0.29, 0.717) is 12.1 Å². The molecule has 2 aromatic carbocycles. The third-order valence-electron chi connectivity index (χ3n) is 6.66. The van der Waals surface area contributed by atoms with E-state index in [1.54, 1.807) is 0 Å². The summed E-state index contributed by atoms with van der Waals surface area (Å²) >= 11 is 0. The molecule has 2 aromatic rings. The Morgan fingerprint density at radius 1 is 1.00 bits per heavy atom. The van der Waals surface area contributed by atoms with E-state index in [0.717, 1.165) is 41.8 Å². The van der Waals surface area contributed by atoms with E-state index >= 15 is 0 Å². The molecule has 0 unspecified atom stereocenters. The van der Waals surface area contributed by atoms with Crippen LogP contribution < -0.4 is 5.73 Å². The lowest BCUT2D eigenvalue weighted by atomic mass is 9.58. The zero-order chi connectivity index (χ0) is 22.7. The maximum atomic E-state index is 10.2. The summed E-state index contributed by atoms with van der Waals surface area (Å²) in [6, 6.07) is 24.7. The molecule has 0 amide bonds. The van der Waals surface area contributed by atoms with Gasteiger partial charge < -0.3 is 5.73 Å². The van der Waals surface area contributed by atoms with Crippen molar-refractivity contribution in [2.45, 2.75) is 19.3 Å². The highest BCUT2D eigenvalue weighted by atomic mass is 15.1. The number of fused-ring (bicyclic) bond motifs is 1. The third-order valence-corrected chi connectivity index (χ3v) is 6.66. The Hall–Kier alpha value is -3.85. The molecule has 2 aliphatic rings. The minimum atomic E-state index is -1.59. The van der Waals surface area contributed by atoms with Gasteiger partial charge in [-0.05, 0) is 35.2 Å². The number of hydrogen-bond donors (Lipinski definition) is 1. The van der Waals surface area contributed by atoms with Gasteiger partial charge in [0, 0.05) is 24.9 Å². The molecule has 2 atom stereocenters. The van der Waals surface area contributed by atoms with Crippen molar-refractivity contribution in [2.75, 3.05) is 19.6 Å². The second-order valence-electron chi connectivity index (χ2n) is 8.42. The molecule has 2 N–H and O–H groups in total. The Morgan fingerprint density at radius 3 is 2.25 bits per heavy atom. The molecule has 1 aliphatic heterocycles. The molecule has 0 saturated heterocycles. The fourth-order valence-corrected chi connectivity index (χ4v) is 5.13. The fraction of sp³-hybridized carbons (Fsp3) is 0.296. The first-order chi connectivity index (χ1) is 15.6. The van der Waals surface area contributed by atoms with E-state index in [-0.39, 0.29) is 11.6 Å². The lowest BCUT2D eigenvalue weighted by Gasteiger charge is -2.45. The van der Waals surface area contributed by atoms with Crippen molar-refractivity contribution >= 4 is 0 Å². The molecule has 32 heavy (non-hydrogen) atoms. The van der Waals surface area contributed by atoms with Crippen LogP contribution in [0.15, 0.2) is 77.5 Å². The van der Waals surface area contributed by atoms with E-state index in [1.165, 1.54) is 0 Å². The van der Waals surface area contributed by atoms with Gasteiger partial charge >= 0.3 is 0 Å². The maximum Gasteiger partial charge on any atom is 0.191 e. The van der Waals surface area contributed by atoms with Crippen LogP contribution in [0.1, 0.15) is 24.8 Å². The van der Waals surface area contributed by atoms with Crippen molar-refractivity contribution in [2.24, 2.45) is 17.1 Å². The van der Waals surface area contributed by atoms with Crippen LogP contribution in [-0.4, -0.2) is 24.5 Å². The second-order valence-corrected chi connectivity index (χ2v) is 8.42. The Bertz CT molecular complexity index is 1170. The molecular formula is C27H25N5. The lowest BCUT2D eigenvalue weighted by molar-refractivity contribution is 0.207. The average Bonchev–Trinajstić information content (AvgIpc) is 2.84. The van der Waals surface area contributed by atoms with Crippen molar-refractivity contribution in [1.29, 1.82) is 15.8 Å². The predicted octanol–water partition coefficient (Wildman–Crippen LogP) is 4.49. The van der Waals surface area contributed by atoms with Gasteiger partial charge in [-0.3, -0.25) is 4.90 Å². The molecule has 5 nitrogen and oxygen atoms in total. The molecule has 0 bridgehead atoms. The van der Waals surface area contributed by atoms with Crippen molar-refractivity contribution < 1.29 is 0 Å². The number of rotatable bonds is 4. The van der Waals surface area contributed by atoms with Crippen LogP contribution in [0.3, 0.4) is 0 Å². The molecule has 0 spiro atoms. The van der Waals surface area contributed by atoms with Gasteiger partial charge in [0.2, 0.25) is 0 Å². The molecule has 4 rings (SSSR count). The summed E-state index contributed by atoms with van der Waals surface area (Å²) in [7, 11) is 0. The Morgan fingerprint density at radius 2 is 1.66 bits per heavy atom. The Labute approximate surface area is 189 Å². The van der Waals surface area contributed by atoms with E-state index in [4.69, 9.17) is 5.73 Å². The lowest BCUT2D eigenvalue weighted by Crippen LogP contribution is -2.48. The second kappa shape index (κ2) is 8.72. The van der Waals surface area contributed by atoms with Gasteiger partial charge in [-0.2, -0.15) is 15.8 Å². The van der Waals surface area contributed by atoms with Gasteiger partial charge in [0.15, 0.2) is 5.41 Å². The van der Waals surface area contributed by atoms with E-state index in [9.17, 15) is 15.8 Å². The molecule has 1 aliphatic carbocycles. The number of allylic oxidation sites excluding steroid dienone is 2. The summed E-state index contributed by atoms with van der Waals surface area (Å²) in [4.78, 5) is 2.31. The van der Waals surface area contributed by atoms with Gasteiger partial charge in [0.1, 0.15) is 6.07 Å². The van der Waals surface area contributed by atoms with Crippen LogP contribution in [0, 0.1) is 45.3 Å². The zero-order valence-electron chi connectivity index (χ0n) is 18.1. The Balaban J connectivity index is 1.86. The largest absolute Gasteiger partial charge is 0.399 e. The normalized spacial score (nSPS) is 22.1. The minimum Gasteiger partial charge on any atom is -0.399 e. The molecular weight excluding hydrogens is 394 g/mol. The van der Waals surface area contributed by atoms with Gasteiger partial charge in [-0.15, -0.1) is 0 Å². The average molecular weight is 420 g/mol. The van der Waals surface area contributed by atoms with Gasteiger partial charge in [-0.1, -0.05) is 67.6 Å². The van der Waals surface area contributed by atoms with Gasteiger partial charge in [0.25, 0.3) is 0 Å². The minimum absolute atomic E-state index is 0.0774. The third kappa shape index (κ3) is 3.36. The van der Waals surface area contributed by atoms with Crippen LogP contribution in [0.5, 0.6) is 0 Å². The first kappa shape index (κ1) is 21.4. The van der Waals surface area contributed by atoms with Crippen molar-refractivity contribution in [3.63, 3.8) is 0 Å². The van der Waals surface area contributed by atoms with E-state index < -0.39 is 11.3 Å². The first-order valence-corrected chi connectivity index (χ1v) is 10.9. The number of nitrogens with two attached hydrogens (primary N) is 1. The van der Waals surface area contributed by atoms with E-state index in [1.807, 2.05) is 42.5 Å². The van der Waals surface area contributed by atoms with Crippen molar-refractivity contribution in [1.82, 2.24) is 4.90 Å². The molecule has 5 heteroatoms. The van der Waals surface area contributed by atoms with Crippen molar-refractivity contribution in [3.8, 4) is 29.3 Å². The number of nitrogens with zero attached hydrogens (tertiary/aromatic N) is 4. The summed E-state index contributed by atoms with van der Waals surface area (Å²) in [6.45, 7) is 4.48. The predicted molar refractivity (Wildman–Crippen MR) is 123 cm³/mol. The topological polar surface area (TPSA) is 101 Å². The highest BCUT2D eigenvalue weighted by Crippen LogP contribution is 2.54. The van der Waals surface area contributed by atoms with Crippen LogP contribution in [0.25, 0.3) is 11.1 Å². The molecule has 0 fully saturated rings. The fourth-order valence-electron chi connectivity index (χ4n) is 5.13. The SMILES string of the molecule is CCCN1CC=C2C(C#N)=C(N)C(C#N)(C#N)[C@H](c3ccc(-c4ccccc4)cc3)[C@H]2C1. The summed E-state index contributed by atoms with van der Waals surface area (Å²) < 4.78 is 0. The molecule has 0 aromatic heterocycles. The Kier molecular flexibility index (Phi) is 5.83. The highest BCUT2D eigenvalue weighted by Gasteiger charge is 2.54. The smallest absolute Gasteiger partial charge is 0.191 e. The molecule has 0 saturated carbocycles. The van der Waals surface area contributed by atoms with Crippen LogP contribution in [0.2, 0.25) is 0 Å². The van der Waals surface area contributed by atoms with E-state index in [2.05, 4.69) is 48.2 Å². The molecule has 1 heterocycles. The summed E-state index contributed by atoms with van der Waals surface area (Å²) in [5, 5.41) is 30.3. The monoisotopic (exact) mass is 419 g/mol. The summed E-state index contributed by atoms with van der Waals surface area (Å²) in [5.41, 5.74) is 9.12. The standard InChI is InChI=1S/C27H25N5/c1-2-13-32-14-12-22-23(15-28)26(31)27(17-29,18-30)25(24(22)16-32)21-10-8-20(9-11-21)19-6-4-3-5-7-19/h3-12,24-25H,2,13-14,16,31H2,1H3/t24-,25+/m0/s1. The van der Waals surface area contributed by atoms with Crippen molar-refractivity contribution in [3.05, 3.63) is 83.1 Å². The number of benzene rings is 2. The number of nitriles is 3. The van der Waals surface area contributed by atoms with Crippen LogP contribution in [-0.2, 0) is 0 Å². The van der Waals surface area contributed by atoms with Gasteiger partial charge in [-0.25, -0.2) is 0 Å². The van der Waals surface area contributed by atoms with Crippen LogP contribution >= 0.6 is 0 Å². The molecule has 158 valence electrons. The zero-order valence-corrected chi connectivity index (χ0v) is 18.1. The first-order valence-electron chi connectivity index (χ1n) is 10.9. The number of hydrogen-bond acceptors (Lipinski definition) is 5. The maximum absolute atomic E-state index is 10.2. The summed E-state index contributed by atoms with van der Waals surface area (Å²) in [5.74, 6) is -0.607. The highest BCUT2D eigenvalue weighted by molar-refractivity contribution is 5.65. The quantitative estimate of drug-likeness (QED) is 0.787. The molecule has 0 radical (unpaired) electrons.